The maximum atomic E-state index is 5.95. The minimum Gasteiger partial charge on any atom is -0.493 e. The first-order valence-corrected chi connectivity index (χ1v) is 6.85. The van der Waals surface area contributed by atoms with Crippen molar-refractivity contribution in [2.45, 2.75) is 41.0 Å². The standard InChI is InChI=1S/C16H27NO/c1-6-9-17-11-16(4,5)12-18-15-8-7-13(2)10-14(15)3/h7-8,10,17H,6,9,11-12H2,1-5H3. The fourth-order valence-electron chi connectivity index (χ4n) is 1.89. The van der Waals surface area contributed by atoms with Gasteiger partial charge in [-0.15, -0.1) is 0 Å². The zero-order valence-electron chi connectivity index (χ0n) is 12.5. The monoisotopic (exact) mass is 249 g/mol. The van der Waals surface area contributed by atoms with Crippen molar-refractivity contribution in [3.05, 3.63) is 29.3 Å². The molecule has 18 heavy (non-hydrogen) atoms. The molecule has 0 saturated carbocycles. The molecule has 0 unspecified atom stereocenters. The highest BCUT2D eigenvalue weighted by molar-refractivity contribution is 5.35. The van der Waals surface area contributed by atoms with Crippen molar-refractivity contribution in [2.24, 2.45) is 5.41 Å². The van der Waals surface area contributed by atoms with E-state index in [0.717, 1.165) is 25.4 Å². The van der Waals surface area contributed by atoms with Gasteiger partial charge in [-0.2, -0.15) is 0 Å². The smallest absolute Gasteiger partial charge is 0.122 e. The van der Waals surface area contributed by atoms with E-state index in [9.17, 15) is 0 Å². The predicted molar refractivity (Wildman–Crippen MR) is 78.4 cm³/mol. The molecule has 1 N–H and O–H groups in total. The maximum Gasteiger partial charge on any atom is 0.122 e. The Hall–Kier alpha value is -1.02. The molecule has 1 aromatic carbocycles. The van der Waals surface area contributed by atoms with Crippen LogP contribution in [0.25, 0.3) is 0 Å². The Morgan fingerprint density at radius 2 is 1.94 bits per heavy atom. The molecule has 0 aliphatic heterocycles. The van der Waals surface area contributed by atoms with Crippen molar-refractivity contribution in [3.63, 3.8) is 0 Å². The Morgan fingerprint density at radius 1 is 1.22 bits per heavy atom. The number of aryl methyl sites for hydroxylation is 2. The van der Waals surface area contributed by atoms with Crippen molar-refractivity contribution in [1.29, 1.82) is 0 Å². The summed E-state index contributed by atoms with van der Waals surface area (Å²) < 4.78 is 5.95. The number of rotatable bonds is 7. The molecule has 1 rings (SSSR count). The van der Waals surface area contributed by atoms with E-state index in [1.54, 1.807) is 0 Å². The summed E-state index contributed by atoms with van der Waals surface area (Å²) >= 11 is 0. The molecule has 0 aliphatic carbocycles. The van der Waals surface area contributed by atoms with Gasteiger partial charge in [0.1, 0.15) is 5.75 Å². The Morgan fingerprint density at radius 3 is 2.56 bits per heavy atom. The second-order valence-electron chi connectivity index (χ2n) is 5.90. The van der Waals surface area contributed by atoms with Crippen molar-refractivity contribution in [1.82, 2.24) is 5.32 Å². The van der Waals surface area contributed by atoms with Crippen molar-refractivity contribution >= 4 is 0 Å². The van der Waals surface area contributed by atoms with Gasteiger partial charge in [-0.3, -0.25) is 0 Å². The van der Waals surface area contributed by atoms with E-state index in [2.05, 4.69) is 58.1 Å². The molecule has 0 atom stereocenters. The Bertz CT molecular complexity index is 371. The average molecular weight is 249 g/mol. The van der Waals surface area contributed by atoms with Gasteiger partial charge in [0.05, 0.1) is 6.61 Å². The maximum absolute atomic E-state index is 5.95. The van der Waals surface area contributed by atoms with Gasteiger partial charge in [-0.25, -0.2) is 0 Å². The summed E-state index contributed by atoms with van der Waals surface area (Å²) in [5.74, 6) is 1.00. The Balaban J connectivity index is 2.48. The van der Waals surface area contributed by atoms with Crippen LogP contribution in [0.15, 0.2) is 18.2 Å². The van der Waals surface area contributed by atoms with E-state index < -0.39 is 0 Å². The van der Waals surface area contributed by atoms with Crippen LogP contribution < -0.4 is 10.1 Å². The molecule has 0 saturated heterocycles. The van der Waals surface area contributed by atoms with Crippen LogP contribution >= 0.6 is 0 Å². The van der Waals surface area contributed by atoms with Gasteiger partial charge in [0.25, 0.3) is 0 Å². The molecule has 102 valence electrons. The molecule has 0 fully saturated rings. The van der Waals surface area contributed by atoms with Gasteiger partial charge >= 0.3 is 0 Å². The fraction of sp³-hybridized carbons (Fsp3) is 0.625. The van der Waals surface area contributed by atoms with E-state index in [1.807, 2.05) is 0 Å². The first kappa shape index (κ1) is 15.0. The van der Waals surface area contributed by atoms with Crippen LogP contribution in [0.4, 0.5) is 0 Å². The molecule has 0 radical (unpaired) electrons. The molecule has 0 aromatic heterocycles. The molecule has 1 aromatic rings. The summed E-state index contributed by atoms with van der Waals surface area (Å²) in [4.78, 5) is 0. The highest BCUT2D eigenvalue weighted by Crippen LogP contribution is 2.22. The Labute approximate surface area is 112 Å². The highest BCUT2D eigenvalue weighted by atomic mass is 16.5. The largest absolute Gasteiger partial charge is 0.493 e. The summed E-state index contributed by atoms with van der Waals surface area (Å²) in [7, 11) is 0. The van der Waals surface area contributed by atoms with Crippen LogP contribution in [0.1, 0.15) is 38.3 Å². The van der Waals surface area contributed by atoms with Gasteiger partial charge in [-0.1, -0.05) is 38.5 Å². The molecular formula is C16H27NO. The van der Waals surface area contributed by atoms with E-state index >= 15 is 0 Å². The first-order valence-electron chi connectivity index (χ1n) is 6.85. The summed E-state index contributed by atoms with van der Waals surface area (Å²) in [6.07, 6.45) is 1.17. The van der Waals surface area contributed by atoms with Crippen LogP contribution in [0.2, 0.25) is 0 Å². The second-order valence-corrected chi connectivity index (χ2v) is 5.90. The number of nitrogens with one attached hydrogen (secondary N) is 1. The third kappa shape index (κ3) is 5.09. The molecular weight excluding hydrogens is 222 g/mol. The van der Waals surface area contributed by atoms with Crippen LogP contribution in [0.3, 0.4) is 0 Å². The predicted octanol–water partition coefficient (Wildman–Crippen LogP) is 3.71. The summed E-state index contributed by atoms with van der Waals surface area (Å²) in [5.41, 5.74) is 2.66. The minimum atomic E-state index is 0.159. The van der Waals surface area contributed by atoms with E-state index in [0.29, 0.717) is 0 Å². The van der Waals surface area contributed by atoms with Crippen LogP contribution in [-0.4, -0.2) is 19.7 Å². The molecule has 2 nitrogen and oxygen atoms in total. The van der Waals surface area contributed by atoms with Gasteiger partial charge in [0.2, 0.25) is 0 Å². The lowest BCUT2D eigenvalue weighted by Gasteiger charge is -2.25. The van der Waals surface area contributed by atoms with Crippen LogP contribution in [0, 0.1) is 19.3 Å². The molecule has 2 heteroatoms. The second kappa shape index (κ2) is 6.79. The normalized spacial score (nSPS) is 11.6. The number of benzene rings is 1. The van der Waals surface area contributed by atoms with Gasteiger partial charge in [-0.05, 0) is 38.4 Å². The lowest BCUT2D eigenvalue weighted by molar-refractivity contribution is 0.176. The van der Waals surface area contributed by atoms with Gasteiger partial charge < -0.3 is 10.1 Å². The molecule has 0 amide bonds. The molecule has 0 heterocycles. The number of ether oxygens (including phenoxy) is 1. The fourth-order valence-corrected chi connectivity index (χ4v) is 1.89. The average Bonchev–Trinajstić information content (AvgIpc) is 2.28. The highest BCUT2D eigenvalue weighted by Gasteiger charge is 2.18. The van der Waals surface area contributed by atoms with Crippen LogP contribution in [-0.2, 0) is 0 Å². The third-order valence-corrected chi connectivity index (χ3v) is 2.98. The van der Waals surface area contributed by atoms with E-state index in [-0.39, 0.29) is 5.41 Å². The Kier molecular flexibility index (Phi) is 5.67. The lowest BCUT2D eigenvalue weighted by atomic mass is 9.95. The SMILES string of the molecule is CCCNCC(C)(C)COc1ccc(C)cc1C. The van der Waals surface area contributed by atoms with E-state index in [4.69, 9.17) is 4.74 Å². The molecule has 0 aliphatic rings. The molecule has 0 bridgehead atoms. The topological polar surface area (TPSA) is 21.3 Å². The minimum absolute atomic E-state index is 0.159. The third-order valence-electron chi connectivity index (χ3n) is 2.98. The van der Waals surface area contributed by atoms with Crippen molar-refractivity contribution < 1.29 is 4.74 Å². The summed E-state index contributed by atoms with van der Waals surface area (Å²) in [6.45, 7) is 13.7. The zero-order valence-corrected chi connectivity index (χ0v) is 12.5. The first-order chi connectivity index (χ1) is 8.44. The zero-order chi connectivity index (χ0) is 13.6. The summed E-state index contributed by atoms with van der Waals surface area (Å²) in [6, 6.07) is 6.34. The van der Waals surface area contributed by atoms with Crippen LogP contribution in [0.5, 0.6) is 5.75 Å². The van der Waals surface area contributed by atoms with Gasteiger partial charge in [0.15, 0.2) is 0 Å². The van der Waals surface area contributed by atoms with E-state index in [1.165, 1.54) is 17.5 Å². The van der Waals surface area contributed by atoms with Crippen molar-refractivity contribution in [2.75, 3.05) is 19.7 Å². The summed E-state index contributed by atoms with van der Waals surface area (Å²) in [5, 5.41) is 3.46. The quantitative estimate of drug-likeness (QED) is 0.744. The lowest BCUT2D eigenvalue weighted by Crippen LogP contribution is -2.34. The van der Waals surface area contributed by atoms with Gasteiger partial charge in [0, 0.05) is 12.0 Å². The number of hydrogen-bond acceptors (Lipinski definition) is 2. The van der Waals surface area contributed by atoms with Crippen molar-refractivity contribution in [3.8, 4) is 5.75 Å². The number of hydrogen-bond donors (Lipinski definition) is 1. The molecule has 0 spiro atoms.